The summed E-state index contributed by atoms with van der Waals surface area (Å²) >= 11 is 0. The number of rotatable bonds is 1. The van der Waals surface area contributed by atoms with E-state index in [1.165, 1.54) is 24.7 Å². The summed E-state index contributed by atoms with van der Waals surface area (Å²) < 4.78 is 0. The van der Waals surface area contributed by atoms with Crippen LogP contribution in [-0.2, 0) is 9.59 Å². The largest absolute Gasteiger partial charge is 0.393 e. The third-order valence-corrected chi connectivity index (χ3v) is 11.7. The van der Waals surface area contributed by atoms with Gasteiger partial charge in [-0.05, 0) is 103 Å². The molecule has 31 heavy (non-hydrogen) atoms. The van der Waals surface area contributed by atoms with E-state index in [9.17, 15) is 14.7 Å². The van der Waals surface area contributed by atoms with E-state index in [1.807, 2.05) is 0 Å². The lowest BCUT2D eigenvalue weighted by Gasteiger charge is -2.67. The summed E-state index contributed by atoms with van der Waals surface area (Å²) in [5.41, 5.74) is 1.50. The maximum atomic E-state index is 14.0. The average Bonchev–Trinajstić information content (AvgIpc) is 2.70. The number of aliphatic hydroxyl groups excluding tert-OH is 1. The molecule has 3 nitrogen and oxygen atoms in total. The topological polar surface area (TPSA) is 54.4 Å². The van der Waals surface area contributed by atoms with Crippen molar-refractivity contribution < 1.29 is 14.7 Å². The molecular formula is C28H42O3. The summed E-state index contributed by atoms with van der Waals surface area (Å²) in [6.45, 7) is 11.7. The second-order valence-corrected chi connectivity index (χ2v) is 13.4. The molecule has 5 rings (SSSR count). The second-order valence-electron chi connectivity index (χ2n) is 13.4. The number of hydrogen-bond acceptors (Lipinski definition) is 3. The summed E-state index contributed by atoms with van der Waals surface area (Å²) in [4.78, 5) is 25.6. The van der Waals surface area contributed by atoms with Crippen LogP contribution in [0.5, 0.6) is 0 Å². The van der Waals surface area contributed by atoms with Crippen LogP contribution in [0.4, 0.5) is 0 Å². The van der Waals surface area contributed by atoms with Gasteiger partial charge in [0.1, 0.15) is 6.29 Å². The molecule has 0 heterocycles. The molecule has 9 unspecified atom stereocenters. The summed E-state index contributed by atoms with van der Waals surface area (Å²) in [6.07, 6.45) is 12.4. The lowest BCUT2D eigenvalue weighted by Crippen LogP contribution is -2.63. The highest BCUT2D eigenvalue weighted by molar-refractivity contribution is 5.95. The Morgan fingerprint density at radius 3 is 2.29 bits per heavy atom. The Balaban J connectivity index is 1.57. The van der Waals surface area contributed by atoms with Gasteiger partial charge in [0.25, 0.3) is 0 Å². The summed E-state index contributed by atoms with van der Waals surface area (Å²) in [5.74, 6) is 1.84. The number of carbonyl (C=O) groups is 2. The molecule has 1 N–H and O–H groups in total. The van der Waals surface area contributed by atoms with Crippen molar-refractivity contribution in [1.29, 1.82) is 0 Å². The van der Waals surface area contributed by atoms with Crippen LogP contribution in [0.3, 0.4) is 0 Å². The van der Waals surface area contributed by atoms with Crippen LogP contribution in [0.15, 0.2) is 11.6 Å². The molecular weight excluding hydrogens is 384 g/mol. The Hall–Kier alpha value is -0.960. The summed E-state index contributed by atoms with van der Waals surface area (Å²) in [7, 11) is 0. The van der Waals surface area contributed by atoms with Crippen molar-refractivity contribution >= 4 is 12.1 Å². The molecule has 0 aromatic rings. The first kappa shape index (κ1) is 21.9. The highest BCUT2D eigenvalue weighted by Crippen LogP contribution is 2.70. The van der Waals surface area contributed by atoms with Crippen LogP contribution in [0.2, 0.25) is 0 Å². The van der Waals surface area contributed by atoms with Crippen molar-refractivity contribution in [3.8, 4) is 0 Å². The van der Waals surface area contributed by atoms with Gasteiger partial charge in [0.15, 0.2) is 5.78 Å². The van der Waals surface area contributed by atoms with Crippen molar-refractivity contribution in [2.75, 3.05) is 0 Å². The quantitative estimate of drug-likeness (QED) is 0.543. The van der Waals surface area contributed by atoms with Crippen molar-refractivity contribution in [3.63, 3.8) is 0 Å². The van der Waals surface area contributed by atoms with Crippen LogP contribution >= 0.6 is 0 Å². The first-order chi connectivity index (χ1) is 14.5. The van der Waals surface area contributed by atoms with Crippen molar-refractivity contribution in [2.24, 2.45) is 51.2 Å². The van der Waals surface area contributed by atoms with Gasteiger partial charge < -0.3 is 9.90 Å². The number of carbonyl (C=O) groups excluding carboxylic acids is 2. The summed E-state index contributed by atoms with van der Waals surface area (Å²) in [5, 5.41) is 10.8. The maximum Gasteiger partial charge on any atom is 0.159 e. The molecule has 0 bridgehead atoms. The van der Waals surface area contributed by atoms with Crippen molar-refractivity contribution in [2.45, 2.75) is 98.5 Å². The number of hydrogen-bond donors (Lipinski definition) is 1. The van der Waals surface area contributed by atoms with Crippen LogP contribution in [0.25, 0.3) is 0 Å². The Bertz CT molecular complexity index is 826. The average molecular weight is 427 g/mol. The fourth-order valence-corrected chi connectivity index (χ4v) is 9.90. The first-order valence-corrected chi connectivity index (χ1v) is 12.9. The van der Waals surface area contributed by atoms with Gasteiger partial charge in [-0.15, -0.1) is 0 Å². The zero-order valence-electron chi connectivity index (χ0n) is 20.2. The van der Waals surface area contributed by atoms with Gasteiger partial charge in [-0.2, -0.15) is 0 Å². The fraction of sp³-hybridized carbons (Fsp3) is 0.857. The molecule has 0 aromatic heterocycles. The number of aliphatic hydroxyl groups is 1. The molecule has 0 spiro atoms. The standard InChI is InChI=1S/C28H42O3/c1-25(2)22-8-12-27(4)19-7-11-26(3)10-6-17(16-29)14-20(26)18(19)15-21(30)24(27)28(22,5)13-9-23(25)31/h15-17,19-20,22-24,31H,6-14H2,1-5H3. The Morgan fingerprint density at radius 2 is 1.58 bits per heavy atom. The van der Waals surface area contributed by atoms with E-state index < -0.39 is 0 Å². The minimum absolute atomic E-state index is 0.0141. The Labute approximate surface area is 188 Å². The lowest BCUT2D eigenvalue weighted by molar-refractivity contribution is -0.188. The first-order valence-electron chi connectivity index (χ1n) is 12.9. The normalized spacial score (nSPS) is 53.4. The molecule has 5 aliphatic carbocycles. The van der Waals surface area contributed by atoms with Gasteiger partial charge >= 0.3 is 0 Å². The highest BCUT2D eigenvalue weighted by Gasteiger charge is 2.66. The zero-order valence-corrected chi connectivity index (χ0v) is 20.2. The van der Waals surface area contributed by atoms with E-state index in [2.05, 4.69) is 40.7 Å². The van der Waals surface area contributed by atoms with E-state index >= 15 is 0 Å². The third-order valence-electron chi connectivity index (χ3n) is 11.7. The number of aldehydes is 1. The maximum absolute atomic E-state index is 14.0. The summed E-state index contributed by atoms with van der Waals surface area (Å²) in [6, 6.07) is 0. The number of ketones is 1. The smallest absolute Gasteiger partial charge is 0.159 e. The third kappa shape index (κ3) is 2.80. The van der Waals surface area contributed by atoms with E-state index in [0.29, 0.717) is 23.5 Å². The SMILES string of the molecule is CC12CCC(C=O)CC1C1=CC(=O)C3C(C)(CCC4C(C)(C)C(O)CCC43C)C1CC2. The molecule has 0 aromatic carbocycles. The predicted molar refractivity (Wildman–Crippen MR) is 122 cm³/mol. The molecule has 0 saturated heterocycles. The molecule has 9 atom stereocenters. The Kier molecular flexibility index (Phi) is 4.78. The number of allylic oxidation sites excluding steroid dienone is 2. The second kappa shape index (κ2) is 6.78. The van der Waals surface area contributed by atoms with E-state index in [1.54, 1.807) is 0 Å². The van der Waals surface area contributed by atoms with Gasteiger partial charge in [-0.25, -0.2) is 0 Å². The van der Waals surface area contributed by atoms with Crippen molar-refractivity contribution in [3.05, 3.63) is 11.6 Å². The molecule has 0 aliphatic heterocycles. The van der Waals surface area contributed by atoms with Crippen LogP contribution in [0, 0.1) is 51.2 Å². The molecule has 172 valence electrons. The van der Waals surface area contributed by atoms with Gasteiger partial charge in [-0.1, -0.05) is 40.2 Å². The molecule has 4 saturated carbocycles. The minimum Gasteiger partial charge on any atom is -0.393 e. The van der Waals surface area contributed by atoms with Crippen molar-refractivity contribution in [1.82, 2.24) is 0 Å². The van der Waals surface area contributed by atoms with Crippen LogP contribution in [-0.4, -0.2) is 23.3 Å². The van der Waals surface area contributed by atoms with Crippen LogP contribution in [0.1, 0.15) is 92.4 Å². The zero-order chi connectivity index (χ0) is 22.4. The van der Waals surface area contributed by atoms with Gasteiger partial charge in [0.2, 0.25) is 0 Å². The monoisotopic (exact) mass is 426 g/mol. The molecule has 3 heteroatoms. The molecule has 0 radical (unpaired) electrons. The van der Waals surface area contributed by atoms with E-state index in [0.717, 1.165) is 44.9 Å². The highest BCUT2D eigenvalue weighted by atomic mass is 16.3. The predicted octanol–water partition coefficient (Wildman–Crippen LogP) is 5.75. The van der Waals surface area contributed by atoms with Crippen LogP contribution < -0.4 is 0 Å². The lowest BCUT2D eigenvalue weighted by atomic mass is 9.37. The molecule has 4 fully saturated rings. The van der Waals surface area contributed by atoms with Gasteiger partial charge in [0, 0.05) is 11.8 Å². The minimum atomic E-state index is -0.266. The van der Waals surface area contributed by atoms with E-state index in [-0.39, 0.29) is 39.6 Å². The van der Waals surface area contributed by atoms with E-state index in [4.69, 9.17) is 0 Å². The fourth-order valence-electron chi connectivity index (χ4n) is 9.90. The molecule has 5 aliphatic rings. The molecule has 0 amide bonds. The Morgan fingerprint density at radius 1 is 0.903 bits per heavy atom. The van der Waals surface area contributed by atoms with Gasteiger partial charge in [0.05, 0.1) is 6.10 Å². The van der Waals surface area contributed by atoms with Gasteiger partial charge in [-0.3, -0.25) is 4.79 Å². The number of fused-ring (bicyclic) bond motifs is 7.